The van der Waals surface area contributed by atoms with Crippen LogP contribution in [0.1, 0.15) is 45.4 Å². The van der Waals surface area contributed by atoms with E-state index in [0.717, 1.165) is 25.7 Å². The topological polar surface area (TPSA) is 125 Å². The van der Waals surface area contributed by atoms with Crippen molar-refractivity contribution in [3.05, 3.63) is 39.9 Å². The maximum Gasteiger partial charge on any atom is 0.434 e. The van der Waals surface area contributed by atoms with Crippen LogP contribution < -0.4 is 5.76 Å². The highest BCUT2D eigenvalue weighted by Gasteiger charge is 2.35. The predicted molar refractivity (Wildman–Crippen MR) is 131 cm³/mol. The van der Waals surface area contributed by atoms with Crippen molar-refractivity contribution in [3.8, 4) is 23.0 Å². The number of aromatic amines is 1. The van der Waals surface area contributed by atoms with E-state index in [1.165, 1.54) is 20.2 Å². The van der Waals surface area contributed by atoms with Crippen LogP contribution >= 0.6 is 11.6 Å². The van der Waals surface area contributed by atoms with E-state index < -0.39 is 11.4 Å². The zero-order chi connectivity index (χ0) is 25.4. The van der Waals surface area contributed by atoms with E-state index >= 15 is 4.39 Å². The summed E-state index contributed by atoms with van der Waals surface area (Å²) >= 11 is 6.25. The van der Waals surface area contributed by atoms with Crippen LogP contribution in [0.15, 0.2) is 27.7 Å². The van der Waals surface area contributed by atoms with Crippen molar-refractivity contribution in [2.45, 2.75) is 51.7 Å². The number of alkyl halides is 1. The van der Waals surface area contributed by atoms with Gasteiger partial charge in [0.15, 0.2) is 17.1 Å². The summed E-state index contributed by atoms with van der Waals surface area (Å²) in [5, 5.41) is 6.48. The number of rotatable bonds is 7. The van der Waals surface area contributed by atoms with E-state index in [9.17, 15) is 4.79 Å². The molecule has 4 aromatic rings. The van der Waals surface area contributed by atoms with Crippen LogP contribution in [0.25, 0.3) is 34.1 Å². The molecule has 36 heavy (non-hydrogen) atoms. The molecule has 10 nitrogen and oxygen atoms in total. The Kier molecular flexibility index (Phi) is 6.60. The zero-order valence-corrected chi connectivity index (χ0v) is 21.0. The highest BCUT2D eigenvalue weighted by atomic mass is 35.5. The Morgan fingerprint density at radius 1 is 1.25 bits per heavy atom. The summed E-state index contributed by atoms with van der Waals surface area (Å²) in [5.41, 5.74) is -0.0625. The minimum absolute atomic E-state index is 0.0332. The molecule has 1 aliphatic carbocycles. The molecular formula is C24H27ClFN7O3. The van der Waals surface area contributed by atoms with Crippen molar-refractivity contribution in [1.82, 2.24) is 34.7 Å². The van der Waals surface area contributed by atoms with Gasteiger partial charge < -0.3 is 13.7 Å². The monoisotopic (exact) mass is 515 g/mol. The first-order valence-corrected chi connectivity index (χ1v) is 12.3. The third kappa shape index (κ3) is 4.77. The molecule has 4 aromatic heterocycles. The molecule has 1 N–H and O–H groups in total. The lowest BCUT2D eigenvalue weighted by atomic mass is 9.83. The Labute approximate surface area is 211 Å². The minimum Gasteiger partial charge on any atom is -0.384 e. The quantitative estimate of drug-likeness (QED) is 0.380. The van der Waals surface area contributed by atoms with Crippen molar-refractivity contribution in [2.75, 3.05) is 13.7 Å². The second-order valence-electron chi connectivity index (χ2n) is 9.68. The Bertz CT molecular complexity index is 1440. The number of ether oxygens (including phenoxy) is 1. The van der Waals surface area contributed by atoms with Crippen molar-refractivity contribution < 1.29 is 13.5 Å². The van der Waals surface area contributed by atoms with Gasteiger partial charge in [-0.05, 0) is 37.7 Å². The third-order valence-electron chi connectivity index (χ3n) is 6.67. The van der Waals surface area contributed by atoms with Gasteiger partial charge in [0.1, 0.15) is 11.2 Å². The van der Waals surface area contributed by atoms with Crippen LogP contribution in [0, 0.1) is 11.8 Å². The molecule has 0 saturated heterocycles. The summed E-state index contributed by atoms with van der Waals surface area (Å²) in [6.07, 6.45) is 7.46. The molecule has 1 fully saturated rings. The lowest BCUT2D eigenvalue weighted by Gasteiger charge is -2.28. The molecule has 0 amide bonds. The number of fused-ring (bicyclic) bond motifs is 1. The molecule has 1 unspecified atom stereocenters. The van der Waals surface area contributed by atoms with Gasteiger partial charge in [0.25, 0.3) is 5.89 Å². The number of H-pyrrole nitrogens is 1. The Balaban J connectivity index is 1.76. The molecule has 5 rings (SSSR count). The van der Waals surface area contributed by atoms with Gasteiger partial charge in [0.05, 0.1) is 11.6 Å². The van der Waals surface area contributed by atoms with Crippen molar-refractivity contribution in [3.63, 3.8) is 0 Å². The molecule has 0 radical (unpaired) electrons. The summed E-state index contributed by atoms with van der Waals surface area (Å²) in [7, 11) is 1.45. The minimum atomic E-state index is -1.89. The van der Waals surface area contributed by atoms with E-state index in [1.54, 1.807) is 12.3 Å². The average molecular weight is 516 g/mol. The largest absolute Gasteiger partial charge is 0.434 e. The maximum absolute atomic E-state index is 16.0. The number of imidazole rings is 1. The van der Waals surface area contributed by atoms with E-state index in [1.807, 2.05) is 4.57 Å². The van der Waals surface area contributed by atoms with E-state index in [0.29, 0.717) is 40.2 Å². The van der Waals surface area contributed by atoms with Crippen molar-refractivity contribution in [1.29, 1.82) is 0 Å². The van der Waals surface area contributed by atoms with E-state index in [-0.39, 0.29) is 29.8 Å². The third-order valence-corrected chi connectivity index (χ3v) is 6.88. The molecular weight excluding hydrogens is 489 g/mol. The number of methoxy groups -OCH3 is 1. The molecule has 190 valence electrons. The van der Waals surface area contributed by atoms with Crippen LogP contribution in [0.2, 0.25) is 5.02 Å². The van der Waals surface area contributed by atoms with Crippen molar-refractivity contribution in [2.24, 2.45) is 11.8 Å². The fourth-order valence-corrected chi connectivity index (χ4v) is 5.05. The smallest absolute Gasteiger partial charge is 0.384 e. The van der Waals surface area contributed by atoms with E-state index in [4.69, 9.17) is 20.8 Å². The standard InChI is InChI=1S/C24H27ClFN7O3/c1-13-4-6-14(7-5-13)11-33-18-17(15-8-16(25)10-27-9-15)28-20(21-31-32-23(34)36-21)29-19(18)30-22(33)24(2,26)12-35-3/h8-10,13-14H,4-7,11-12H2,1-3H3,(H,32,34). The van der Waals surface area contributed by atoms with Crippen LogP contribution in [0.5, 0.6) is 0 Å². The first-order valence-electron chi connectivity index (χ1n) is 11.9. The number of hydrogen-bond acceptors (Lipinski definition) is 8. The van der Waals surface area contributed by atoms with Crippen LogP contribution in [0.4, 0.5) is 4.39 Å². The number of halogens is 2. The molecule has 12 heteroatoms. The SMILES string of the molecule is COCC(C)(F)c1nc2nc(-c3n[nH]c(=O)o3)nc(-c3cncc(Cl)c3)c2n1CC1CCC(C)CC1. The number of nitrogens with one attached hydrogen (secondary N) is 1. The average Bonchev–Trinajstić information content (AvgIpc) is 3.44. The zero-order valence-electron chi connectivity index (χ0n) is 20.3. The summed E-state index contributed by atoms with van der Waals surface area (Å²) < 4.78 is 28.1. The fourth-order valence-electron chi connectivity index (χ4n) is 4.88. The Hall–Kier alpha value is -3.18. The summed E-state index contributed by atoms with van der Waals surface area (Å²) in [6, 6.07) is 1.71. The van der Waals surface area contributed by atoms with Crippen molar-refractivity contribution >= 4 is 22.8 Å². The highest BCUT2D eigenvalue weighted by molar-refractivity contribution is 6.30. The van der Waals surface area contributed by atoms with Gasteiger partial charge in [-0.2, -0.15) is 0 Å². The maximum atomic E-state index is 16.0. The summed E-state index contributed by atoms with van der Waals surface area (Å²) in [4.78, 5) is 29.6. The second kappa shape index (κ2) is 9.70. The van der Waals surface area contributed by atoms with Gasteiger partial charge in [0, 0.05) is 31.6 Å². The highest BCUT2D eigenvalue weighted by Crippen LogP contribution is 2.37. The molecule has 4 heterocycles. The molecule has 0 spiro atoms. The second-order valence-corrected chi connectivity index (χ2v) is 10.1. The van der Waals surface area contributed by atoms with Crippen LogP contribution in [0.3, 0.4) is 0 Å². The first kappa shape index (κ1) is 24.5. The summed E-state index contributed by atoms with van der Waals surface area (Å²) in [6.45, 7) is 4.08. The fraction of sp³-hybridized carbons (Fsp3) is 0.500. The number of nitrogens with zero attached hydrogens (tertiary/aromatic N) is 6. The number of hydrogen-bond donors (Lipinski definition) is 1. The van der Waals surface area contributed by atoms with Gasteiger partial charge in [-0.1, -0.05) is 31.4 Å². The van der Waals surface area contributed by atoms with Gasteiger partial charge in [-0.3, -0.25) is 4.98 Å². The van der Waals surface area contributed by atoms with Gasteiger partial charge in [0.2, 0.25) is 5.82 Å². The Morgan fingerprint density at radius 3 is 2.69 bits per heavy atom. The summed E-state index contributed by atoms with van der Waals surface area (Å²) in [5.74, 6) is 0.423. The van der Waals surface area contributed by atoms with Crippen LogP contribution in [-0.4, -0.2) is 48.4 Å². The molecule has 1 saturated carbocycles. The van der Waals surface area contributed by atoms with Gasteiger partial charge in [-0.15, -0.1) is 5.10 Å². The number of pyridine rings is 1. The normalized spacial score (nSPS) is 20.0. The molecule has 0 aliphatic heterocycles. The van der Waals surface area contributed by atoms with Gasteiger partial charge in [-0.25, -0.2) is 29.2 Å². The lowest BCUT2D eigenvalue weighted by molar-refractivity contribution is 0.0429. The predicted octanol–water partition coefficient (Wildman–Crippen LogP) is 4.54. The first-order chi connectivity index (χ1) is 17.2. The molecule has 1 aliphatic rings. The molecule has 1 atom stereocenters. The lowest BCUT2D eigenvalue weighted by Crippen LogP contribution is -2.28. The van der Waals surface area contributed by atoms with E-state index in [2.05, 4.69) is 37.1 Å². The van der Waals surface area contributed by atoms with Crippen LogP contribution in [-0.2, 0) is 17.0 Å². The number of aromatic nitrogens is 7. The van der Waals surface area contributed by atoms with Gasteiger partial charge >= 0.3 is 5.76 Å². The Morgan fingerprint density at radius 2 is 2.03 bits per heavy atom. The molecule has 0 bridgehead atoms. The molecule has 0 aromatic carbocycles.